The van der Waals surface area contributed by atoms with E-state index in [1.54, 1.807) is 0 Å². The Labute approximate surface area is 93.2 Å². The largest absolute Gasteiger partial charge is 0.155 e. The third-order valence-electron chi connectivity index (χ3n) is 4.25. The van der Waals surface area contributed by atoms with Gasteiger partial charge in [0.25, 0.3) is 0 Å². The molecule has 0 bridgehead atoms. The molecule has 0 radical (unpaired) electrons. The van der Waals surface area contributed by atoms with Crippen molar-refractivity contribution >= 4 is 11.8 Å². The Hall–Kier alpha value is 0.350. The van der Waals surface area contributed by atoms with Crippen LogP contribution < -0.4 is 0 Å². The van der Waals surface area contributed by atoms with Crippen molar-refractivity contribution in [1.29, 1.82) is 0 Å². The topological polar surface area (TPSA) is 0 Å². The summed E-state index contributed by atoms with van der Waals surface area (Å²) < 4.78 is 0. The van der Waals surface area contributed by atoms with Crippen LogP contribution in [0.1, 0.15) is 52.9 Å². The van der Waals surface area contributed by atoms with Gasteiger partial charge in [0.1, 0.15) is 0 Å². The zero-order valence-electron chi connectivity index (χ0n) is 9.83. The third-order valence-corrected chi connectivity index (χ3v) is 5.92. The Morgan fingerprint density at radius 2 is 1.86 bits per heavy atom. The Bertz CT molecular complexity index is 188. The maximum atomic E-state index is 2.40. The second-order valence-corrected chi connectivity index (χ2v) is 7.32. The van der Waals surface area contributed by atoms with Gasteiger partial charge in [-0.15, -0.1) is 0 Å². The van der Waals surface area contributed by atoms with E-state index in [9.17, 15) is 0 Å². The van der Waals surface area contributed by atoms with Crippen molar-refractivity contribution in [3.63, 3.8) is 0 Å². The first-order valence-electron chi connectivity index (χ1n) is 6.32. The second-order valence-electron chi connectivity index (χ2n) is 5.64. The third kappa shape index (κ3) is 2.29. The minimum atomic E-state index is 0.920. The van der Waals surface area contributed by atoms with Crippen LogP contribution in [0.3, 0.4) is 0 Å². The van der Waals surface area contributed by atoms with Crippen molar-refractivity contribution in [2.75, 3.05) is 0 Å². The summed E-state index contributed by atoms with van der Waals surface area (Å²) in [6.45, 7) is 7.20. The van der Waals surface area contributed by atoms with E-state index in [4.69, 9.17) is 0 Å². The molecule has 0 aromatic heterocycles. The molecular formula is C13H24S. The predicted molar refractivity (Wildman–Crippen MR) is 65.7 cm³/mol. The Balaban J connectivity index is 1.83. The Morgan fingerprint density at radius 3 is 2.36 bits per heavy atom. The van der Waals surface area contributed by atoms with Crippen LogP contribution in [0.15, 0.2) is 0 Å². The molecule has 1 aliphatic carbocycles. The van der Waals surface area contributed by atoms with Crippen LogP contribution >= 0.6 is 11.8 Å². The van der Waals surface area contributed by atoms with E-state index in [0.717, 1.165) is 28.3 Å². The fourth-order valence-electron chi connectivity index (χ4n) is 3.18. The number of rotatable bonds is 2. The first-order valence-corrected chi connectivity index (χ1v) is 7.26. The molecule has 0 spiro atoms. The highest BCUT2D eigenvalue weighted by molar-refractivity contribution is 8.00. The SMILES string of the molecule is CC1CCC(C2CCC(C(C)C)C2)S1. The molecule has 0 aromatic carbocycles. The van der Waals surface area contributed by atoms with E-state index in [-0.39, 0.29) is 0 Å². The Morgan fingerprint density at radius 1 is 1.07 bits per heavy atom. The van der Waals surface area contributed by atoms with E-state index in [0.29, 0.717) is 0 Å². The predicted octanol–water partition coefficient (Wildman–Crippen LogP) is 4.34. The molecule has 0 nitrogen and oxygen atoms in total. The molecule has 82 valence electrons. The summed E-state index contributed by atoms with van der Waals surface area (Å²) >= 11 is 2.28. The summed E-state index contributed by atoms with van der Waals surface area (Å²) in [5.41, 5.74) is 0. The highest BCUT2D eigenvalue weighted by Gasteiger charge is 2.35. The van der Waals surface area contributed by atoms with Gasteiger partial charge in [0, 0.05) is 10.5 Å². The molecule has 0 N–H and O–H groups in total. The molecule has 2 rings (SSSR count). The van der Waals surface area contributed by atoms with Crippen molar-refractivity contribution in [2.45, 2.75) is 63.4 Å². The lowest BCUT2D eigenvalue weighted by Crippen LogP contribution is -2.12. The Kier molecular flexibility index (Phi) is 3.46. The number of thioether (sulfide) groups is 1. The minimum Gasteiger partial charge on any atom is -0.155 e. The molecule has 1 heteroatoms. The van der Waals surface area contributed by atoms with Crippen molar-refractivity contribution in [3.05, 3.63) is 0 Å². The van der Waals surface area contributed by atoms with E-state index in [1.807, 2.05) is 0 Å². The van der Waals surface area contributed by atoms with Gasteiger partial charge in [0.05, 0.1) is 0 Å². The molecule has 0 amide bonds. The van der Waals surface area contributed by atoms with Crippen molar-refractivity contribution in [3.8, 4) is 0 Å². The summed E-state index contributed by atoms with van der Waals surface area (Å²) in [4.78, 5) is 0. The van der Waals surface area contributed by atoms with Gasteiger partial charge in [-0.3, -0.25) is 0 Å². The minimum absolute atomic E-state index is 0.920. The standard InChI is InChI=1S/C13H24S/c1-9(2)11-5-6-12(8-11)13-7-4-10(3)14-13/h9-13H,4-8H2,1-3H3. The van der Waals surface area contributed by atoms with Crippen LogP contribution in [0.25, 0.3) is 0 Å². The number of hydrogen-bond donors (Lipinski definition) is 0. The average Bonchev–Trinajstić information content (AvgIpc) is 2.70. The van der Waals surface area contributed by atoms with Crippen LogP contribution in [0.2, 0.25) is 0 Å². The summed E-state index contributed by atoms with van der Waals surface area (Å²) in [5.74, 6) is 3.03. The molecular weight excluding hydrogens is 188 g/mol. The molecule has 0 aromatic rings. The number of hydrogen-bond acceptors (Lipinski definition) is 1. The molecule has 4 atom stereocenters. The first-order chi connectivity index (χ1) is 6.66. The lowest BCUT2D eigenvalue weighted by molar-refractivity contribution is 0.374. The van der Waals surface area contributed by atoms with E-state index >= 15 is 0 Å². The zero-order valence-corrected chi connectivity index (χ0v) is 10.6. The second kappa shape index (κ2) is 4.47. The molecule has 14 heavy (non-hydrogen) atoms. The maximum absolute atomic E-state index is 2.40. The molecule has 1 aliphatic heterocycles. The van der Waals surface area contributed by atoms with Crippen molar-refractivity contribution in [1.82, 2.24) is 0 Å². The van der Waals surface area contributed by atoms with Gasteiger partial charge in [-0.25, -0.2) is 0 Å². The van der Waals surface area contributed by atoms with Gasteiger partial charge in [-0.1, -0.05) is 20.8 Å². The van der Waals surface area contributed by atoms with Gasteiger partial charge in [-0.2, -0.15) is 11.8 Å². The smallest absolute Gasteiger partial charge is 0.00785 e. The monoisotopic (exact) mass is 212 g/mol. The van der Waals surface area contributed by atoms with Crippen LogP contribution in [-0.2, 0) is 0 Å². The van der Waals surface area contributed by atoms with E-state index in [2.05, 4.69) is 32.5 Å². The van der Waals surface area contributed by atoms with Crippen LogP contribution in [0.4, 0.5) is 0 Å². The van der Waals surface area contributed by atoms with Crippen LogP contribution in [0.5, 0.6) is 0 Å². The fourth-order valence-corrected chi connectivity index (χ4v) is 4.79. The van der Waals surface area contributed by atoms with E-state index < -0.39 is 0 Å². The fraction of sp³-hybridized carbons (Fsp3) is 1.00. The summed E-state index contributed by atoms with van der Waals surface area (Å²) in [7, 11) is 0. The highest BCUT2D eigenvalue weighted by atomic mass is 32.2. The average molecular weight is 212 g/mol. The quantitative estimate of drug-likeness (QED) is 0.656. The summed E-state index contributed by atoms with van der Waals surface area (Å²) in [5, 5.41) is 1.96. The summed E-state index contributed by atoms with van der Waals surface area (Å²) in [6.07, 6.45) is 7.53. The van der Waals surface area contributed by atoms with Crippen LogP contribution in [0, 0.1) is 17.8 Å². The zero-order chi connectivity index (χ0) is 10.1. The van der Waals surface area contributed by atoms with Gasteiger partial charge in [-0.05, 0) is 49.9 Å². The van der Waals surface area contributed by atoms with Gasteiger partial charge in [0.15, 0.2) is 0 Å². The van der Waals surface area contributed by atoms with Gasteiger partial charge in [0.2, 0.25) is 0 Å². The van der Waals surface area contributed by atoms with Crippen molar-refractivity contribution < 1.29 is 0 Å². The normalized spacial score (nSPS) is 43.7. The first kappa shape index (κ1) is 10.9. The van der Waals surface area contributed by atoms with Gasteiger partial charge >= 0.3 is 0 Å². The molecule has 4 unspecified atom stereocenters. The highest BCUT2D eigenvalue weighted by Crippen LogP contribution is 2.46. The molecule has 1 heterocycles. The maximum Gasteiger partial charge on any atom is 0.00785 e. The summed E-state index contributed by atoms with van der Waals surface area (Å²) in [6, 6.07) is 0. The molecule has 2 aliphatic rings. The van der Waals surface area contributed by atoms with E-state index in [1.165, 1.54) is 32.1 Å². The molecule has 1 saturated carbocycles. The van der Waals surface area contributed by atoms with Crippen molar-refractivity contribution in [2.24, 2.45) is 17.8 Å². The molecule has 1 saturated heterocycles. The lowest BCUT2D eigenvalue weighted by atomic mass is 9.92. The molecule has 2 fully saturated rings. The van der Waals surface area contributed by atoms with Gasteiger partial charge < -0.3 is 0 Å². The van der Waals surface area contributed by atoms with Crippen LogP contribution in [-0.4, -0.2) is 10.5 Å². The lowest BCUT2D eigenvalue weighted by Gasteiger charge is -2.19.